The molecule has 1 aliphatic heterocycles. The van der Waals surface area contributed by atoms with Gasteiger partial charge in [0, 0.05) is 30.2 Å². The van der Waals surface area contributed by atoms with Crippen molar-refractivity contribution in [1.82, 2.24) is 9.55 Å². The predicted molar refractivity (Wildman–Crippen MR) is 72.3 cm³/mol. The summed E-state index contributed by atoms with van der Waals surface area (Å²) in [6, 6.07) is 3.88. The molecule has 0 aromatic carbocycles. The second kappa shape index (κ2) is 4.53. The fourth-order valence-electron chi connectivity index (χ4n) is 3.04. The van der Waals surface area contributed by atoms with E-state index in [2.05, 4.69) is 9.55 Å². The van der Waals surface area contributed by atoms with E-state index in [0.29, 0.717) is 5.56 Å². The maximum atomic E-state index is 11.5. The molecule has 3 heterocycles. The Morgan fingerprint density at radius 1 is 1.42 bits per heavy atom. The lowest BCUT2D eigenvalue weighted by molar-refractivity contribution is 0.0694. The van der Waals surface area contributed by atoms with Crippen LogP contribution >= 0.6 is 0 Å². The second-order valence-corrected chi connectivity index (χ2v) is 4.95. The molecule has 0 fully saturated rings. The molecular weight excluding hydrogens is 240 g/mol. The number of rotatable bonds is 2. The van der Waals surface area contributed by atoms with Gasteiger partial charge in [-0.25, -0.2) is 4.79 Å². The summed E-state index contributed by atoms with van der Waals surface area (Å²) in [7, 11) is 0. The highest BCUT2D eigenvalue weighted by molar-refractivity contribution is 5.94. The van der Waals surface area contributed by atoms with Crippen LogP contribution in [0.25, 0.3) is 11.3 Å². The number of hydrogen-bond donors (Lipinski definition) is 1. The van der Waals surface area contributed by atoms with E-state index in [-0.39, 0.29) is 0 Å². The van der Waals surface area contributed by atoms with Crippen LogP contribution in [-0.2, 0) is 13.0 Å². The van der Waals surface area contributed by atoms with Gasteiger partial charge in [0.1, 0.15) is 0 Å². The summed E-state index contributed by atoms with van der Waals surface area (Å²) in [5, 5.41) is 9.45. The number of carboxylic acid groups (broad SMARTS) is 1. The van der Waals surface area contributed by atoms with Crippen LogP contribution in [0.5, 0.6) is 0 Å². The minimum atomic E-state index is -0.821. The van der Waals surface area contributed by atoms with E-state index in [1.54, 1.807) is 12.4 Å². The van der Waals surface area contributed by atoms with Gasteiger partial charge in [-0.3, -0.25) is 4.98 Å². The fourth-order valence-corrected chi connectivity index (χ4v) is 3.04. The molecule has 4 nitrogen and oxygen atoms in total. The molecule has 0 radical (unpaired) electrons. The summed E-state index contributed by atoms with van der Waals surface area (Å²) in [5.41, 5.74) is 4.32. The molecule has 0 aliphatic carbocycles. The highest BCUT2D eigenvalue weighted by Crippen LogP contribution is 2.34. The lowest BCUT2D eigenvalue weighted by atomic mass is 10.0. The first kappa shape index (κ1) is 12.0. The molecule has 0 unspecified atom stereocenters. The molecular formula is C15H16N2O2. The first-order chi connectivity index (χ1) is 9.20. The van der Waals surface area contributed by atoms with Gasteiger partial charge in [0.05, 0.1) is 11.3 Å². The van der Waals surface area contributed by atoms with Gasteiger partial charge >= 0.3 is 5.97 Å². The summed E-state index contributed by atoms with van der Waals surface area (Å²) < 4.78 is 2.17. The van der Waals surface area contributed by atoms with Crippen molar-refractivity contribution in [3.8, 4) is 11.3 Å². The summed E-state index contributed by atoms with van der Waals surface area (Å²) >= 11 is 0. The van der Waals surface area contributed by atoms with Crippen LogP contribution in [0.1, 0.15) is 34.5 Å². The van der Waals surface area contributed by atoms with Gasteiger partial charge in [0.25, 0.3) is 0 Å². The van der Waals surface area contributed by atoms with Crippen LogP contribution in [0.4, 0.5) is 0 Å². The molecule has 4 heteroatoms. The van der Waals surface area contributed by atoms with Crippen LogP contribution < -0.4 is 0 Å². The number of aromatic nitrogens is 2. The second-order valence-electron chi connectivity index (χ2n) is 4.95. The Balaban J connectivity index is 2.28. The molecule has 0 saturated carbocycles. The highest BCUT2D eigenvalue weighted by atomic mass is 16.4. The molecule has 98 valence electrons. The van der Waals surface area contributed by atoms with Gasteiger partial charge in [-0.1, -0.05) is 0 Å². The van der Waals surface area contributed by atoms with Crippen molar-refractivity contribution >= 4 is 5.97 Å². The SMILES string of the molecule is Cc1c(C(=O)O)c2n(c1-c1cccnc1)CCCC2. The lowest BCUT2D eigenvalue weighted by Crippen LogP contribution is -2.13. The van der Waals surface area contributed by atoms with Gasteiger partial charge in [-0.15, -0.1) is 0 Å². The normalized spacial score (nSPS) is 14.2. The van der Waals surface area contributed by atoms with Gasteiger partial charge < -0.3 is 9.67 Å². The largest absolute Gasteiger partial charge is 0.478 e. The zero-order valence-electron chi connectivity index (χ0n) is 10.9. The summed E-state index contributed by atoms with van der Waals surface area (Å²) in [6.07, 6.45) is 6.55. The van der Waals surface area contributed by atoms with E-state index in [4.69, 9.17) is 0 Å². The first-order valence-electron chi connectivity index (χ1n) is 6.56. The molecule has 1 N–H and O–H groups in total. The topological polar surface area (TPSA) is 55.1 Å². The minimum Gasteiger partial charge on any atom is -0.478 e. The number of carboxylic acids is 1. The van der Waals surface area contributed by atoms with E-state index in [1.807, 2.05) is 19.1 Å². The van der Waals surface area contributed by atoms with Crippen molar-refractivity contribution < 1.29 is 9.90 Å². The van der Waals surface area contributed by atoms with Crippen molar-refractivity contribution in [2.45, 2.75) is 32.7 Å². The average Bonchev–Trinajstić information content (AvgIpc) is 2.71. The third-order valence-corrected chi connectivity index (χ3v) is 3.81. The molecule has 3 rings (SSSR count). The first-order valence-corrected chi connectivity index (χ1v) is 6.56. The van der Waals surface area contributed by atoms with E-state index < -0.39 is 5.97 Å². The Morgan fingerprint density at radius 2 is 2.26 bits per heavy atom. The smallest absolute Gasteiger partial charge is 0.337 e. The zero-order chi connectivity index (χ0) is 13.4. The monoisotopic (exact) mass is 256 g/mol. The number of nitrogens with zero attached hydrogens (tertiary/aromatic N) is 2. The molecule has 0 spiro atoms. The summed E-state index contributed by atoms with van der Waals surface area (Å²) in [5.74, 6) is -0.821. The molecule has 0 saturated heterocycles. The van der Waals surface area contributed by atoms with Crippen LogP contribution in [0.2, 0.25) is 0 Å². The standard InChI is InChI=1S/C15H16N2O2/c1-10-13(15(18)19)12-6-2-3-8-17(12)14(10)11-5-4-7-16-9-11/h4-5,7,9H,2-3,6,8H2,1H3,(H,18,19). The Labute approximate surface area is 111 Å². The van der Waals surface area contributed by atoms with Crippen molar-refractivity contribution in [2.24, 2.45) is 0 Å². The predicted octanol–water partition coefficient (Wildman–Crippen LogP) is 2.89. The maximum absolute atomic E-state index is 11.5. The highest BCUT2D eigenvalue weighted by Gasteiger charge is 2.26. The van der Waals surface area contributed by atoms with E-state index in [0.717, 1.165) is 48.3 Å². The fraction of sp³-hybridized carbons (Fsp3) is 0.333. The van der Waals surface area contributed by atoms with Crippen molar-refractivity contribution in [2.75, 3.05) is 0 Å². The summed E-state index contributed by atoms with van der Waals surface area (Å²) in [4.78, 5) is 15.7. The number of fused-ring (bicyclic) bond motifs is 1. The van der Waals surface area contributed by atoms with Gasteiger partial charge in [-0.05, 0) is 43.9 Å². The van der Waals surface area contributed by atoms with Gasteiger partial charge in [-0.2, -0.15) is 0 Å². The quantitative estimate of drug-likeness (QED) is 0.898. The van der Waals surface area contributed by atoms with Crippen molar-refractivity contribution in [3.63, 3.8) is 0 Å². The molecule has 19 heavy (non-hydrogen) atoms. The lowest BCUT2D eigenvalue weighted by Gasteiger charge is -2.18. The number of aromatic carboxylic acids is 1. The number of hydrogen-bond acceptors (Lipinski definition) is 2. The zero-order valence-corrected chi connectivity index (χ0v) is 10.9. The van der Waals surface area contributed by atoms with E-state index in [9.17, 15) is 9.90 Å². The Kier molecular flexibility index (Phi) is 2.85. The molecule has 0 bridgehead atoms. The van der Waals surface area contributed by atoms with Crippen LogP contribution in [0.15, 0.2) is 24.5 Å². The third-order valence-electron chi connectivity index (χ3n) is 3.81. The number of carbonyl (C=O) groups is 1. The molecule has 2 aromatic heterocycles. The van der Waals surface area contributed by atoms with Crippen molar-refractivity contribution in [1.29, 1.82) is 0 Å². The third kappa shape index (κ3) is 1.84. The molecule has 2 aromatic rings. The van der Waals surface area contributed by atoms with E-state index in [1.165, 1.54) is 0 Å². The van der Waals surface area contributed by atoms with Crippen LogP contribution in [0.3, 0.4) is 0 Å². The Hall–Kier alpha value is -2.10. The number of pyridine rings is 1. The molecule has 0 atom stereocenters. The van der Waals surface area contributed by atoms with Gasteiger partial charge in [0.15, 0.2) is 0 Å². The van der Waals surface area contributed by atoms with Gasteiger partial charge in [0.2, 0.25) is 0 Å². The average molecular weight is 256 g/mol. The van der Waals surface area contributed by atoms with Crippen LogP contribution in [-0.4, -0.2) is 20.6 Å². The minimum absolute atomic E-state index is 0.485. The van der Waals surface area contributed by atoms with Crippen LogP contribution in [0, 0.1) is 6.92 Å². The molecule has 0 amide bonds. The summed E-state index contributed by atoms with van der Waals surface area (Å²) in [6.45, 7) is 2.80. The Morgan fingerprint density at radius 3 is 2.95 bits per heavy atom. The molecule has 1 aliphatic rings. The maximum Gasteiger partial charge on any atom is 0.337 e. The Bertz CT molecular complexity index is 629. The van der Waals surface area contributed by atoms with E-state index >= 15 is 0 Å². The van der Waals surface area contributed by atoms with Crippen molar-refractivity contribution in [3.05, 3.63) is 41.3 Å².